The van der Waals surface area contributed by atoms with Gasteiger partial charge in [0.2, 0.25) is 0 Å². The summed E-state index contributed by atoms with van der Waals surface area (Å²) in [6.07, 6.45) is 1.59. The van der Waals surface area contributed by atoms with E-state index in [-0.39, 0.29) is 0 Å². The second-order valence-corrected chi connectivity index (χ2v) is 10.7. The fraction of sp³-hybridized carbons (Fsp3) is 0.714. The maximum absolute atomic E-state index is 2.41. The summed E-state index contributed by atoms with van der Waals surface area (Å²) in [4.78, 5) is 14.0. The van der Waals surface area contributed by atoms with E-state index in [4.69, 9.17) is 0 Å². The minimum atomic E-state index is 0.464. The number of anilines is 2. The number of nitrogens with zero attached hydrogens (tertiary/aromatic N) is 6. The molecule has 2 unspecified atom stereocenters. The van der Waals surface area contributed by atoms with E-state index in [1.54, 1.807) is 0 Å². The van der Waals surface area contributed by atoms with Crippen molar-refractivity contribution in [2.45, 2.75) is 92.9 Å². The van der Waals surface area contributed by atoms with Crippen LogP contribution < -0.4 is 9.80 Å². The Balaban J connectivity index is 0.000000185. The Labute approximate surface area is 210 Å². The van der Waals surface area contributed by atoms with E-state index in [9.17, 15) is 0 Å². The highest BCUT2D eigenvalue weighted by atomic mass is 15.4. The third-order valence-corrected chi connectivity index (χ3v) is 9.34. The Hall–Kier alpha value is -1.92. The van der Waals surface area contributed by atoms with Gasteiger partial charge in [0.05, 0.1) is 29.9 Å². The van der Waals surface area contributed by atoms with Crippen LogP contribution in [0.4, 0.5) is 11.4 Å². The van der Waals surface area contributed by atoms with Gasteiger partial charge in [-0.2, -0.15) is 0 Å². The van der Waals surface area contributed by atoms with Crippen LogP contribution in [0, 0.1) is 13.8 Å². The lowest BCUT2D eigenvalue weighted by atomic mass is 10.1. The maximum atomic E-state index is 2.41. The summed E-state index contributed by atoms with van der Waals surface area (Å²) in [7, 11) is 13.0. The van der Waals surface area contributed by atoms with E-state index < -0.39 is 0 Å². The fourth-order valence-corrected chi connectivity index (χ4v) is 4.99. The van der Waals surface area contributed by atoms with E-state index in [1.807, 2.05) is 0 Å². The number of hydrogen-bond donors (Lipinski definition) is 0. The Morgan fingerprint density at radius 3 is 0.971 bits per heavy atom. The average Bonchev–Trinajstić information content (AvgIpc) is 3.20. The number of rotatable bonds is 0. The first kappa shape index (κ1) is 28.3. The second kappa shape index (κ2) is 10.8. The second-order valence-electron chi connectivity index (χ2n) is 10.7. The van der Waals surface area contributed by atoms with Crippen molar-refractivity contribution in [2.24, 2.45) is 0 Å². The third kappa shape index (κ3) is 5.18. The number of allylic oxidation sites excluding steroid dienone is 2. The lowest BCUT2D eigenvalue weighted by Crippen LogP contribution is -2.35. The highest BCUT2D eigenvalue weighted by Gasteiger charge is 2.34. The standard InChI is InChI=1S/C12H18N2.C8H18N2.C8H16N2/c1-8-6-11-12(7-9(8)2)14(5)10(3)13(11)4;2*1-6-7(2)10(5)8(3)9(6)4/h6-7,10H,1-5H3;6-8H,1-5H3;8H,1-5H3. The summed E-state index contributed by atoms with van der Waals surface area (Å²) in [5.41, 5.74) is 8.22. The quantitative estimate of drug-likeness (QED) is 0.526. The van der Waals surface area contributed by atoms with Gasteiger partial charge in [-0.25, -0.2) is 0 Å². The molecule has 34 heavy (non-hydrogen) atoms. The summed E-state index contributed by atoms with van der Waals surface area (Å²) >= 11 is 0. The lowest BCUT2D eigenvalue weighted by molar-refractivity contribution is 0.185. The minimum Gasteiger partial charge on any atom is -0.357 e. The molecule has 0 amide bonds. The predicted molar refractivity (Wildman–Crippen MR) is 149 cm³/mol. The average molecular weight is 473 g/mol. The van der Waals surface area contributed by atoms with Gasteiger partial charge in [0.25, 0.3) is 0 Å². The number of aryl methyl sites for hydroxylation is 2. The molecule has 2 atom stereocenters. The van der Waals surface area contributed by atoms with Crippen molar-refractivity contribution in [1.82, 2.24) is 19.6 Å². The monoisotopic (exact) mass is 472 g/mol. The molecule has 6 heteroatoms. The highest BCUT2D eigenvalue weighted by Crippen LogP contribution is 2.39. The van der Waals surface area contributed by atoms with Crippen molar-refractivity contribution in [3.63, 3.8) is 0 Å². The molecule has 0 aliphatic carbocycles. The molecule has 0 spiro atoms. The molecule has 0 aromatic heterocycles. The number of likely N-dealkylation sites (N-methyl/N-ethyl adjacent to an activating group) is 2. The van der Waals surface area contributed by atoms with Crippen LogP contribution in [0.25, 0.3) is 0 Å². The Kier molecular flexibility index (Phi) is 8.98. The van der Waals surface area contributed by atoms with Crippen LogP contribution in [0.3, 0.4) is 0 Å². The number of benzene rings is 1. The summed E-state index contributed by atoms with van der Waals surface area (Å²) < 4.78 is 0. The molecule has 3 aliphatic rings. The molecule has 1 aromatic carbocycles. The summed E-state index contributed by atoms with van der Waals surface area (Å²) in [5.74, 6) is 0. The van der Waals surface area contributed by atoms with E-state index in [2.05, 4.69) is 146 Å². The molecule has 3 aliphatic heterocycles. The molecular formula is C28H52N6. The topological polar surface area (TPSA) is 19.4 Å². The SMILES string of the molecule is CC1=C(C)N(C)C(C)N1C.CC1C(C)N(C)C(C)N1C.Cc1cc2c(cc1C)N(C)C(C)N2C. The Bertz CT molecular complexity index is 782. The van der Waals surface area contributed by atoms with Gasteiger partial charge < -0.3 is 19.6 Å². The molecule has 0 saturated carbocycles. The first-order valence-electron chi connectivity index (χ1n) is 12.8. The van der Waals surface area contributed by atoms with Gasteiger partial charge in [-0.15, -0.1) is 0 Å². The van der Waals surface area contributed by atoms with Crippen LogP contribution >= 0.6 is 0 Å². The van der Waals surface area contributed by atoms with Crippen LogP contribution in [0.15, 0.2) is 23.5 Å². The third-order valence-electron chi connectivity index (χ3n) is 9.34. The van der Waals surface area contributed by atoms with Gasteiger partial charge in [0.15, 0.2) is 0 Å². The van der Waals surface area contributed by atoms with Gasteiger partial charge in [-0.1, -0.05) is 0 Å². The van der Waals surface area contributed by atoms with Crippen molar-refractivity contribution in [3.8, 4) is 0 Å². The van der Waals surface area contributed by atoms with Crippen LogP contribution in [-0.2, 0) is 0 Å². The normalized spacial score (nSPS) is 26.1. The van der Waals surface area contributed by atoms with Crippen LogP contribution in [0.2, 0.25) is 0 Å². The Morgan fingerprint density at radius 2 is 0.765 bits per heavy atom. The van der Waals surface area contributed by atoms with E-state index in [0.717, 1.165) is 0 Å². The summed E-state index contributed by atoms with van der Waals surface area (Å²) in [6.45, 7) is 19.9. The molecule has 3 heterocycles. The van der Waals surface area contributed by atoms with E-state index >= 15 is 0 Å². The number of fused-ring (bicyclic) bond motifs is 1. The highest BCUT2D eigenvalue weighted by molar-refractivity contribution is 5.78. The van der Waals surface area contributed by atoms with Crippen molar-refractivity contribution < 1.29 is 0 Å². The molecule has 6 nitrogen and oxygen atoms in total. The largest absolute Gasteiger partial charge is 0.357 e. The van der Waals surface area contributed by atoms with Gasteiger partial charge in [-0.3, -0.25) is 9.80 Å². The molecule has 4 rings (SSSR count). The summed E-state index contributed by atoms with van der Waals surface area (Å²) in [6, 6.07) is 5.95. The van der Waals surface area contributed by atoms with Gasteiger partial charge in [-0.05, 0) is 99.7 Å². The zero-order valence-electron chi connectivity index (χ0n) is 24.7. The molecule has 1 fully saturated rings. The van der Waals surface area contributed by atoms with Gasteiger partial charge in [0, 0.05) is 51.7 Å². The lowest BCUT2D eigenvalue weighted by Gasteiger charge is -2.25. The summed E-state index contributed by atoms with van der Waals surface area (Å²) in [5, 5.41) is 0. The first-order valence-corrected chi connectivity index (χ1v) is 12.8. The maximum Gasteiger partial charge on any atom is 0.0982 e. The zero-order chi connectivity index (χ0) is 26.2. The molecule has 1 saturated heterocycles. The van der Waals surface area contributed by atoms with Crippen LogP contribution in [0.1, 0.15) is 59.6 Å². The molecule has 1 aromatic rings. The van der Waals surface area contributed by atoms with Crippen LogP contribution in [-0.4, -0.2) is 92.5 Å². The molecule has 194 valence electrons. The van der Waals surface area contributed by atoms with Gasteiger partial charge in [0.1, 0.15) is 0 Å². The fourth-order valence-electron chi connectivity index (χ4n) is 4.99. The van der Waals surface area contributed by atoms with Crippen molar-refractivity contribution in [1.29, 1.82) is 0 Å². The molecule has 0 bridgehead atoms. The van der Waals surface area contributed by atoms with E-state index in [0.29, 0.717) is 30.6 Å². The smallest absolute Gasteiger partial charge is 0.0982 e. The first-order chi connectivity index (χ1) is 15.6. The number of hydrogen-bond acceptors (Lipinski definition) is 6. The van der Waals surface area contributed by atoms with Gasteiger partial charge >= 0.3 is 0 Å². The van der Waals surface area contributed by atoms with Crippen LogP contribution in [0.5, 0.6) is 0 Å². The van der Waals surface area contributed by atoms with Crippen molar-refractivity contribution >= 4 is 11.4 Å². The Morgan fingerprint density at radius 1 is 0.471 bits per heavy atom. The predicted octanol–water partition coefficient (Wildman–Crippen LogP) is 4.98. The zero-order valence-corrected chi connectivity index (χ0v) is 24.7. The van der Waals surface area contributed by atoms with Crippen molar-refractivity contribution in [3.05, 3.63) is 34.7 Å². The molecule has 0 radical (unpaired) electrons. The van der Waals surface area contributed by atoms with E-state index in [1.165, 1.54) is 33.9 Å². The minimum absolute atomic E-state index is 0.464. The molecule has 0 N–H and O–H groups in total. The molecular weight excluding hydrogens is 420 g/mol. The van der Waals surface area contributed by atoms with Crippen molar-refractivity contribution in [2.75, 3.05) is 52.1 Å².